The Balaban J connectivity index is 1.66. The highest BCUT2D eigenvalue weighted by atomic mass is 32.1. The number of hydrogen-bond acceptors (Lipinski definition) is 6. The van der Waals surface area contributed by atoms with Gasteiger partial charge in [-0.15, -0.1) is 11.3 Å². The number of rotatable bonds is 4. The Morgan fingerprint density at radius 3 is 2.44 bits per heavy atom. The maximum Gasteiger partial charge on any atom is 0.162 e. The van der Waals surface area contributed by atoms with E-state index in [1.165, 1.54) is 0 Å². The third kappa shape index (κ3) is 3.00. The quantitative estimate of drug-likeness (QED) is 0.700. The van der Waals surface area contributed by atoms with E-state index < -0.39 is 0 Å². The second kappa shape index (κ2) is 6.64. The summed E-state index contributed by atoms with van der Waals surface area (Å²) in [5, 5.41) is 2.96. The Hall–Kier alpha value is -2.73. The predicted molar refractivity (Wildman–Crippen MR) is 97.1 cm³/mol. The Kier molecular flexibility index (Phi) is 4.19. The number of hydrogen-bond donors (Lipinski definition) is 0. The maximum atomic E-state index is 5.65. The zero-order valence-electron chi connectivity index (χ0n) is 13.9. The molecule has 25 heavy (non-hydrogen) atoms. The van der Waals surface area contributed by atoms with E-state index >= 15 is 0 Å². The fourth-order valence-corrected chi connectivity index (χ4v) is 3.54. The minimum Gasteiger partial charge on any atom is -0.493 e. The summed E-state index contributed by atoms with van der Waals surface area (Å²) in [6, 6.07) is 11.7. The van der Waals surface area contributed by atoms with Crippen molar-refractivity contribution in [1.82, 2.24) is 4.98 Å². The van der Waals surface area contributed by atoms with E-state index in [0.717, 1.165) is 33.3 Å². The third-order valence-electron chi connectivity index (χ3n) is 3.97. The molecule has 5 nitrogen and oxygen atoms in total. The molecule has 0 aliphatic carbocycles. The Morgan fingerprint density at radius 1 is 0.880 bits per heavy atom. The van der Waals surface area contributed by atoms with Crippen LogP contribution in [0.2, 0.25) is 0 Å². The molecule has 0 saturated carbocycles. The highest BCUT2D eigenvalue weighted by Crippen LogP contribution is 2.37. The molecule has 2 aromatic carbocycles. The van der Waals surface area contributed by atoms with Crippen molar-refractivity contribution in [3.63, 3.8) is 0 Å². The molecule has 0 N–H and O–H groups in total. The molecule has 1 aromatic heterocycles. The summed E-state index contributed by atoms with van der Waals surface area (Å²) in [5.41, 5.74) is 2.91. The van der Waals surface area contributed by atoms with Crippen molar-refractivity contribution in [3.8, 4) is 44.8 Å². The van der Waals surface area contributed by atoms with Crippen molar-refractivity contribution in [2.75, 3.05) is 27.4 Å². The zero-order chi connectivity index (χ0) is 17.2. The van der Waals surface area contributed by atoms with Crippen LogP contribution >= 0.6 is 11.3 Å². The van der Waals surface area contributed by atoms with Gasteiger partial charge in [0.2, 0.25) is 0 Å². The van der Waals surface area contributed by atoms with Gasteiger partial charge >= 0.3 is 0 Å². The lowest BCUT2D eigenvalue weighted by Gasteiger charge is -2.18. The first-order chi connectivity index (χ1) is 12.3. The van der Waals surface area contributed by atoms with Crippen LogP contribution in [-0.2, 0) is 0 Å². The van der Waals surface area contributed by atoms with E-state index in [1.807, 2.05) is 41.8 Å². The SMILES string of the molecule is COc1ccc(-c2nc(-c3ccc4c(c3)OCCO4)cs2)cc1OC. The third-order valence-corrected chi connectivity index (χ3v) is 4.86. The molecular formula is C19H17NO4S. The van der Waals surface area contributed by atoms with Gasteiger partial charge in [-0.2, -0.15) is 0 Å². The standard InChI is InChI=1S/C19H17NO4S/c1-21-15-5-4-13(10-17(15)22-2)19-20-14(11-25-19)12-3-6-16-18(9-12)24-8-7-23-16/h3-6,9-11H,7-8H2,1-2H3. The number of thiazole rings is 1. The van der Waals surface area contributed by atoms with Gasteiger partial charge in [-0.1, -0.05) is 0 Å². The molecule has 0 amide bonds. The molecule has 3 aromatic rings. The Morgan fingerprint density at radius 2 is 1.64 bits per heavy atom. The Bertz CT molecular complexity index is 852. The van der Waals surface area contributed by atoms with Gasteiger partial charge in [0.05, 0.1) is 19.9 Å². The summed E-state index contributed by atoms with van der Waals surface area (Å²) in [5.74, 6) is 2.95. The molecule has 0 spiro atoms. The lowest BCUT2D eigenvalue weighted by atomic mass is 10.1. The second-order valence-electron chi connectivity index (χ2n) is 5.47. The van der Waals surface area contributed by atoms with Crippen molar-refractivity contribution in [3.05, 3.63) is 41.8 Å². The summed E-state index contributed by atoms with van der Waals surface area (Å²) in [4.78, 5) is 4.76. The van der Waals surface area contributed by atoms with Gasteiger partial charge in [0.15, 0.2) is 23.0 Å². The van der Waals surface area contributed by atoms with Crippen LogP contribution in [0.15, 0.2) is 41.8 Å². The van der Waals surface area contributed by atoms with Gasteiger partial charge in [-0.05, 0) is 36.4 Å². The first-order valence-electron chi connectivity index (χ1n) is 7.86. The number of nitrogens with zero attached hydrogens (tertiary/aromatic N) is 1. The Labute approximate surface area is 149 Å². The fourth-order valence-electron chi connectivity index (χ4n) is 2.71. The van der Waals surface area contributed by atoms with Crippen molar-refractivity contribution in [2.24, 2.45) is 0 Å². The molecule has 128 valence electrons. The maximum absolute atomic E-state index is 5.65. The van der Waals surface area contributed by atoms with E-state index in [2.05, 4.69) is 0 Å². The van der Waals surface area contributed by atoms with Crippen molar-refractivity contribution in [2.45, 2.75) is 0 Å². The van der Waals surface area contributed by atoms with Crippen LogP contribution < -0.4 is 18.9 Å². The average molecular weight is 355 g/mol. The minimum absolute atomic E-state index is 0.574. The smallest absolute Gasteiger partial charge is 0.162 e. The van der Waals surface area contributed by atoms with Gasteiger partial charge in [0, 0.05) is 16.5 Å². The average Bonchev–Trinajstić information content (AvgIpc) is 3.17. The first-order valence-corrected chi connectivity index (χ1v) is 8.74. The number of benzene rings is 2. The summed E-state index contributed by atoms with van der Waals surface area (Å²) in [6.07, 6.45) is 0. The molecule has 6 heteroatoms. The van der Waals surface area contributed by atoms with E-state index in [-0.39, 0.29) is 0 Å². The van der Waals surface area contributed by atoms with Crippen LogP contribution in [-0.4, -0.2) is 32.4 Å². The highest BCUT2D eigenvalue weighted by Gasteiger charge is 2.15. The summed E-state index contributed by atoms with van der Waals surface area (Å²) >= 11 is 1.59. The first kappa shape index (κ1) is 15.8. The van der Waals surface area contributed by atoms with Crippen LogP contribution in [0.1, 0.15) is 0 Å². The molecule has 1 aliphatic rings. The van der Waals surface area contributed by atoms with Crippen molar-refractivity contribution >= 4 is 11.3 Å². The molecule has 2 heterocycles. The predicted octanol–water partition coefficient (Wildman–Crippen LogP) is 4.27. The van der Waals surface area contributed by atoms with Gasteiger partial charge in [0.1, 0.15) is 18.2 Å². The number of fused-ring (bicyclic) bond motifs is 1. The fraction of sp³-hybridized carbons (Fsp3) is 0.211. The van der Waals surface area contributed by atoms with Crippen molar-refractivity contribution in [1.29, 1.82) is 0 Å². The molecule has 1 aliphatic heterocycles. The lowest BCUT2D eigenvalue weighted by Crippen LogP contribution is -2.15. The number of methoxy groups -OCH3 is 2. The van der Waals surface area contributed by atoms with Gasteiger partial charge in [-0.3, -0.25) is 0 Å². The molecule has 4 rings (SSSR count). The van der Waals surface area contributed by atoms with Crippen LogP contribution in [0.5, 0.6) is 23.0 Å². The highest BCUT2D eigenvalue weighted by molar-refractivity contribution is 7.13. The van der Waals surface area contributed by atoms with E-state index in [9.17, 15) is 0 Å². The summed E-state index contributed by atoms with van der Waals surface area (Å²) < 4.78 is 21.9. The number of ether oxygens (including phenoxy) is 4. The van der Waals surface area contributed by atoms with Gasteiger partial charge in [0.25, 0.3) is 0 Å². The van der Waals surface area contributed by atoms with Gasteiger partial charge in [-0.25, -0.2) is 4.98 Å². The number of aromatic nitrogens is 1. The molecular weight excluding hydrogens is 338 g/mol. The molecule has 0 radical (unpaired) electrons. The van der Waals surface area contributed by atoms with Crippen LogP contribution in [0.25, 0.3) is 21.8 Å². The largest absolute Gasteiger partial charge is 0.493 e. The molecule has 0 atom stereocenters. The van der Waals surface area contributed by atoms with Crippen molar-refractivity contribution < 1.29 is 18.9 Å². The zero-order valence-corrected chi connectivity index (χ0v) is 14.8. The monoisotopic (exact) mass is 355 g/mol. The molecule has 0 fully saturated rings. The van der Waals surface area contributed by atoms with Crippen LogP contribution in [0.4, 0.5) is 0 Å². The second-order valence-corrected chi connectivity index (χ2v) is 6.32. The molecule has 0 bridgehead atoms. The van der Waals surface area contributed by atoms with Crippen LogP contribution in [0.3, 0.4) is 0 Å². The van der Waals surface area contributed by atoms with Gasteiger partial charge < -0.3 is 18.9 Å². The van der Waals surface area contributed by atoms with E-state index in [4.69, 9.17) is 23.9 Å². The molecule has 0 saturated heterocycles. The topological polar surface area (TPSA) is 49.8 Å². The summed E-state index contributed by atoms with van der Waals surface area (Å²) in [7, 11) is 3.25. The van der Waals surface area contributed by atoms with E-state index in [0.29, 0.717) is 24.7 Å². The lowest BCUT2D eigenvalue weighted by molar-refractivity contribution is 0.171. The minimum atomic E-state index is 0.574. The van der Waals surface area contributed by atoms with Crippen LogP contribution in [0, 0.1) is 0 Å². The summed E-state index contributed by atoms with van der Waals surface area (Å²) in [6.45, 7) is 1.16. The normalized spacial score (nSPS) is 12.7. The van der Waals surface area contributed by atoms with E-state index in [1.54, 1.807) is 25.6 Å². The molecule has 0 unspecified atom stereocenters.